The van der Waals surface area contributed by atoms with Gasteiger partial charge in [-0.05, 0) is 44.2 Å². The quantitative estimate of drug-likeness (QED) is 0.575. The summed E-state index contributed by atoms with van der Waals surface area (Å²) in [5, 5.41) is 14.1. The van der Waals surface area contributed by atoms with Crippen LogP contribution in [0.15, 0.2) is 23.1 Å². The first kappa shape index (κ1) is 20.4. The fraction of sp³-hybridized carbons (Fsp3) is 0.600. The minimum Gasteiger partial charge on any atom is -0.314 e. The third-order valence-electron chi connectivity index (χ3n) is 4.59. The largest absolute Gasteiger partial charge is 0.314 e. The van der Waals surface area contributed by atoms with Gasteiger partial charge >= 0.3 is 0 Å². The molecular formula is C15H21Cl2N3O4S. The molecular weight excluding hydrogens is 389 g/mol. The average Bonchev–Trinajstić information content (AvgIpc) is 3.37. The van der Waals surface area contributed by atoms with Crippen LogP contribution in [0.1, 0.15) is 25.7 Å². The fourth-order valence-corrected chi connectivity index (χ4v) is 4.89. The van der Waals surface area contributed by atoms with E-state index in [2.05, 4.69) is 5.32 Å². The number of sulfonamides is 1. The lowest BCUT2D eigenvalue weighted by atomic mass is 10.1. The number of nitro groups is 1. The molecule has 25 heavy (non-hydrogen) atoms. The molecule has 0 bridgehead atoms. The molecule has 1 aromatic carbocycles. The number of hydrogen-bond acceptors (Lipinski definition) is 5. The zero-order valence-electron chi connectivity index (χ0n) is 13.6. The van der Waals surface area contributed by atoms with Gasteiger partial charge in [-0.2, -0.15) is 4.31 Å². The van der Waals surface area contributed by atoms with Crippen LogP contribution in [0.3, 0.4) is 0 Å². The van der Waals surface area contributed by atoms with Crippen LogP contribution < -0.4 is 5.32 Å². The van der Waals surface area contributed by atoms with Crippen molar-refractivity contribution < 1.29 is 13.3 Å². The van der Waals surface area contributed by atoms with Gasteiger partial charge in [0.1, 0.15) is 4.90 Å². The van der Waals surface area contributed by atoms with Gasteiger partial charge < -0.3 is 5.32 Å². The summed E-state index contributed by atoms with van der Waals surface area (Å²) in [5.74, 6) is 0.797. The van der Waals surface area contributed by atoms with Crippen molar-refractivity contribution in [3.05, 3.63) is 33.3 Å². The zero-order chi connectivity index (χ0) is 17.3. The summed E-state index contributed by atoms with van der Waals surface area (Å²) in [7, 11) is -3.73. The van der Waals surface area contributed by atoms with Crippen LogP contribution in [0.2, 0.25) is 5.02 Å². The Kier molecular flexibility index (Phi) is 6.67. The van der Waals surface area contributed by atoms with Crippen molar-refractivity contribution in [3.63, 3.8) is 0 Å². The Morgan fingerprint density at radius 2 is 1.88 bits per heavy atom. The molecule has 1 aromatic rings. The van der Waals surface area contributed by atoms with Crippen LogP contribution in [-0.2, 0) is 10.0 Å². The Labute approximate surface area is 158 Å². The van der Waals surface area contributed by atoms with E-state index in [4.69, 9.17) is 11.6 Å². The van der Waals surface area contributed by atoms with Gasteiger partial charge in [-0.3, -0.25) is 10.1 Å². The van der Waals surface area contributed by atoms with Crippen LogP contribution in [0.25, 0.3) is 0 Å². The van der Waals surface area contributed by atoms with Gasteiger partial charge in [0.15, 0.2) is 0 Å². The van der Waals surface area contributed by atoms with Crippen molar-refractivity contribution in [1.29, 1.82) is 0 Å². The molecule has 140 valence electrons. The number of nitrogens with zero attached hydrogens (tertiary/aromatic N) is 2. The van der Waals surface area contributed by atoms with Gasteiger partial charge in [0.25, 0.3) is 5.69 Å². The van der Waals surface area contributed by atoms with Crippen LogP contribution >= 0.6 is 24.0 Å². The molecule has 3 rings (SSSR count). The van der Waals surface area contributed by atoms with Gasteiger partial charge in [-0.25, -0.2) is 8.42 Å². The first-order valence-corrected chi connectivity index (χ1v) is 9.87. The normalized spacial score (nSPS) is 19.4. The summed E-state index contributed by atoms with van der Waals surface area (Å²) >= 11 is 5.97. The molecule has 1 saturated heterocycles. The lowest BCUT2D eigenvalue weighted by Gasteiger charge is -2.32. The van der Waals surface area contributed by atoms with Crippen molar-refractivity contribution in [2.75, 3.05) is 19.6 Å². The van der Waals surface area contributed by atoms with E-state index in [0.717, 1.165) is 31.4 Å². The molecule has 7 nitrogen and oxygen atoms in total. The number of nitro benzene ring substituents is 1. The third-order valence-corrected chi connectivity index (χ3v) is 6.97. The Morgan fingerprint density at radius 3 is 2.40 bits per heavy atom. The fourth-order valence-electron chi connectivity index (χ4n) is 2.91. The highest BCUT2D eigenvalue weighted by Crippen LogP contribution is 2.31. The van der Waals surface area contributed by atoms with E-state index < -0.39 is 14.9 Å². The summed E-state index contributed by atoms with van der Waals surface area (Å²) in [4.78, 5) is 10.1. The molecule has 0 aromatic heterocycles. The molecule has 0 spiro atoms. The minimum absolute atomic E-state index is 0. The first-order chi connectivity index (χ1) is 11.4. The number of rotatable bonds is 6. The first-order valence-electron chi connectivity index (χ1n) is 8.05. The molecule has 2 fully saturated rings. The second-order valence-electron chi connectivity index (χ2n) is 6.40. The van der Waals surface area contributed by atoms with E-state index in [1.165, 1.54) is 29.3 Å². The number of non-ortho nitro benzene ring substituents is 1. The van der Waals surface area contributed by atoms with Gasteiger partial charge in [-0.15, -0.1) is 12.4 Å². The average molecular weight is 410 g/mol. The Morgan fingerprint density at radius 1 is 1.24 bits per heavy atom. The topological polar surface area (TPSA) is 92.5 Å². The Balaban J connectivity index is 0.00000225. The maximum absolute atomic E-state index is 12.7. The van der Waals surface area contributed by atoms with E-state index >= 15 is 0 Å². The molecule has 1 aliphatic carbocycles. The predicted octanol–water partition coefficient (Wildman–Crippen LogP) is 2.82. The lowest BCUT2D eigenvalue weighted by Crippen LogP contribution is -2.45. The van der Waals surface area contributed by atoms with Gasteiger partial charge in [0.2, 0.25) is 10.0 Å². The summed E-state index contributed by atoms with van der Waals surface area (Å²) < 4.78 is 26.9. The molecule has 1 N–H and O–H groups in total. The molecule has 1 aliphatic heterocycles. The molecule has 0 amide bonds. The number of hydrogen-bond donors (Lipinski definition) is 1. The molecule has 10 heteroatoms. The minimum atomic E-state index is -3.73. The van der Waals surface area contributed by atoms with Crippen LogP contribution in [-0.4, -0.2) is 43.3 Å². The molecule has 0 radical (unpaired) electrons. The van der Waals surface area contributed by atoms with Crippen molar-refractivity contribution in [1.82, 2.24) is 9.62 Å². The molecule has 0 atom stereocenters. The van der Waals surface area contributed by atoms with E-state index in [1.807, 2.05) is 0 Å². The lowest BCUT2D eigenvalue weighted by molar-refractivity contribution is -0.384. The zero-order valence-corrected chi connectivity index (χ0v) is 15.9. The van der Waals surface area contributed by atoms with Gasteiger partial charge in [0, 0.05) is 31.3 Å². The van der Waals surface area contributed by atoms with E-state index in [1.54, 1.807) is 0 Å². The molecule has 2 aliphatic rings. The molecule has 1 saturated carbocycles. The number of benzene rings is 1. The van der Waals surface area contributed by atoms with Crippen LogP contribution in [0.5, 0.6) is 0 Å². The van der Waals surface area contributed by atoms with E-state index in [0.29, 0.717) is 19.1 Å². The SMILES string of the molecule is Cl.O=[N+]([O-])c1ccc(S(=O)(=O)N2CCC(NCC3CC3)CC2)c(Cl)c1. The summed E-state index contributed by atoms with van der Waals surface area (Å²) in [6.45, 7) is 1.88. The summed E-state index contributed by atoms with van der Waals surface area (Å²) in [5.41, 5.74) is -0.220. The third kappa shape index (κ3) is 4.83. The predicted molar refractivity (Wildman–Crippen MR) is 97.9 cm³/mol. The van der Waals surface area contributed by atoms with Crippen LogP contribution in [0.4, 0.5) is 5.69 Å². The second-order valence-corrected chi connectivity index (χ2v) is 8.72. The second kappa shape index (κ2) is 8.18. The Hall–Kier alpha value is -0.930. The standard InChI is InChI=1S/C15H20ClN3O4S.ClH/c16-14-9-13(19(20)21)3-4-15(14)24(22,23)18-7-5-12(6-8-18)17-10-11-1-2-11;/h3-4,9,11-12,17H,1-2,5-8,10H2;1H. The number of piperidine rings is 1. The molecule has 0 unspecified atom stereocenters. The Bertz CT molecular complexity index is 732. The van der Waals surface area contributed by atoms with E-state index in [9.17, 15) is 18.5 Å². The van der Waals surface area contributed by atoms with Crippen molar-refractivity contribution >= 4 is 39.7 Å². The maximum Gasteiger partial charge on any atom is 0.271 e. The highest BCUT2D eigenvalue weighted by molar-refractivity contribution is 7.89. The highest BCUT2D eigenvalue weighted by atomic mass is 35.5. The van der Waals surface area contributed by atoms with Crippen LogP contribution in [0, 0.1) is 16.0 Å². The smallest absolute Gasteiger partial charge is 0.271 e. The van der Waals surface area contributed by atoms with Crippen molar-refractivity contribution in [3.8, 4) is 0 Å². The monoisotopic (exact) mass is 409 g/mol. The molecule has 1 heterocycles. The summed E-state index contributed by atoms with van der Waals surface area (Å²) in [6.07, 6.45) is 4.10. The maximum atomic E-state index is 12.7. The van der Waals surface area contributed by atoms with Crippen molar-refractivity contribution in [2.24, 2.45) is 5.92 Å². The van der Waals surface area contributed by atoms with Gasteiger partial charge in [0.05, 0.1) is 9.95 Å². The van der Waals surface area contributed by atoms with Gasteiger partial charge in [-0.1, -0.05) is 11.6 Å². The number of nitrogens with one attached hydrogen (secondary N) is 1. The summed E-state index contributed by atoms with van der Waals surface area (Å²) in [6, 6.07) is 3.82. The highest BCUT2D eigenvalue weighted by Gasteiger charge is 2.32. The number of halogens is 2. The van der Waals surface area contributed by atoms with Crippen molar-refractivity contribution in [2.45, 2.75) is 36.6 Å². The van der Waals surface area contributed by atoms with E-state index in [-0.39, 0.29) is 28.0 Å².